The van der Waals surface area contributed by atoms with Crippen molar-refractivity contribution in [2.75, 3.05) is 17.3 Å². The first-order valence-electron chi connectivity index (χ1n) is 10.8. The van der Waals surface area contributed by atoms with Crippen LogP contribution in [0, 0.1) is 0 Å². The number of amides is 1. The van der Waals surface area contributed by atoms with Gasteiger partial charge in [-0.05, 0) is 29.5 Å². The summed E-state index contributed by atoms with van der Waals surface area (Å²) in [5.74, 6) is 1.48. The van der Waals surface area contributed by atoms with Crippen LogP contribution in [0.3, 0.4) is 0 Å². The predicted octanol–water partition coefficient (Wildman–Crippen LogP) is 3.28. The highest BCUT2D eigenvalue weighted by molar-refractivity contribution is 7.99. The fourth-order valence-electron chi connectivity index (χ4n) is 3.74. The van der Waals surface area contributed by atoms with Crippen molar-refractivity contribution >= 4 is 27.5 Å². The van der Waals surface area contributed by atoms with Gasteiger partial charge in [-0.2, -0.15) is 0 Å². The van der Waals surface area contributed by atoms with Gasteiger partial charge in [0.05, 0.1) is 30.1 Å². The summed E-state index contributed by atoms with van der Waals surface area (Å²) in [6.45, 7) is 6.94. The third-order valence-corrected chi connectivity index (χ3v) is 8.28. The highest BCUT2D eigenvalue weighted by Gasteiger charge is 2.29. The average molecular weight is 489 g/mol. The van der Waals surface area contributed by atoms with Crippen LogP contribution in [0.1, 0.15) is 38.5 Å². The van der Waals surface area contributed by atoms with Crippen LogP contribution in [0.4, 0.5) is 0 Å². The van der Waals surface area contributed by atoms with Crippen molar-refractivity contribution < 1.29 is 17.6 Å². The van der Waals surface area contributed by atoms with Crippen molar-refractivity contribution in [3.8, 4) is 11.4 Å². The number of nitrogens with zero attached hydrogens (tertiary/aromatic N) is 3. The maximum absolute atomic E-state index is 12.4. The zero-order valence-electron chi connectivity index (χ0n) is 18.9. The van der Waals surface area contributed by atoms with Gasteiger partial charge in [0.1, 0.15) is 5.76 Å². The molecule has 3 aromatic rings. The molecule has 0 saturated carbocycles. The number of furan rings is 1. The molecule has 1 aliphatic rings. The molecule has 1 amide bonds. The van der Waals surface area contributed by atoms with Gasteiger partial charge < -0.3 is 9.73 Å². The van der Waals surface area contributed by atoms with Gasteiger partial charge in [-0.3, -0.25) is 9.36 Å². The largest absolute Gasteiger partial charge is 0.467 e. The zero-order valence-corrected chi connectivity index (χ0v) is 20.6. The molecule has 1 atom stereocenters. The van der Waals surface area contributed by atoms with Gasteiger partial charge in [-0.25, -0.2) is 8.42 Å². The molecular formula is C23H28N4O4S2. The maximum Gasteiger partial charge on any atom is 0.230 e. The molecule has 1 N–H and O–H groups in total. The normalized spacial score (nSPS) is 17.8. The fourth-order valence-corrected chi connectivity index (χ4v) is 6.16. The number of carbonyl (C=O) groups excluding carboxylic acids is 1. The maximum atomic E-state index is 12.4. The molecular weight excluding hydrogens is 460 g/mol. The molecule has 10 heteroatoms. The van der Waals surface area contributed by atoms with Crippen molar-refractivity contribution in [1.29, 1.82) is 0 Å². The van der Waals surface area contributed by atoms with Crippen molar-refractivity contribution in [3.63, 3.8) is 0 Å². The van der Waals surface area contributed by atoms with Crippen LogP contribution in [0.25, 0.3) is 11.4 Å². The highest BCUT2D eigenvalue weighted by Crippen LogP contribution is 2.28. The Morgan fingerprint density at radius 3 is 2.58 bits per heavy atom. The number of hydrogen-bond donors (Lipinski definition) is 1. The standard InChI is InChI=1S/C23H28N4O4S2/c1-23(2,3)17-8-6-16(7-9-17)21-25-26-22(27(21)13-19-5-4-11-31-19)32-14-20(28)24-18-10-12-33(29,30)15-18/h4-9,11,18H,10,12-15H2,1-3H3,(H,24,28)/t18-/m0/s1. The third-order valence-electron chi connectivity index (χ3n) is 5.55. The second-order valence-electron chi connectivity index (χ2n) is 9.26. The van der Waals surface area contributed by atoms with E-state index in [-0.39, 0.29) is 34.6 Å². The number of sulfone groups is 1. The van der Waals surface area contributed by atoms with Gasteiger partial charge >= 0.3 is 0 Å². The second kappa shape index (κ2) is 9.34. The number of aromatic nitrogens is 3. The summed E-state index contributed by atoms with van der Waals surface area (Å²) in [5.41, 5.74) is 2.20. The lowest BCUT2D eigenvalue weighted by molar-refractivity contribution is -0.119. The van der Waals surface area contributed by atoms with Gasteiger partial charge in [0.25, 0.3) is 0 Å². The molecule has 0 unspecified atom stereocenters. The van der Waals surface area contributed by atoms with E-state index in [4.69, 9.17) is 4.42 Å². The molecule has 1 fully saturated rings. The minimum Gasteiger partial charge on any atom is -0.467 e. The lowest BCUT2D eigenvalue weighted by Gasteiger charge is -2.19. The van der Waals surface area contributed by atoms with E-state index in [1.54, 1.807) is 6.26 Å². The zero-order chi connectivity index (χ0) is 23.6. The Morgan fingerprint density at radius 2 is 1.97 bits per heavy atom. The van der Waals surface area contributed by atoms with Gasteiger partial charge in [-0.15, -0.1) is 10.2 Å². The number of thioether (sulfide) groups is 1. The summed E-state index contributed by atoms with van der Waals surface area (Å²) >= 11 is 1.27. The summed E-state index contributed by atoms with van der Waals surface area (Å²) in [5, 5.41) is 12.1. The summed E-state index contributed by atoms with van der Waals surface area (Å²) in [7, 11) is -3.04. The van der Waals surface area contributed by atoms with Crippen LogP contribution in [0.15, 0.2) is 52.2 Å². The summed E-state index contributed by atoms with van der Waals surface area (Å²) in [6.07, 6.45) is 2.08. The van der Waals surface area contributed by atoms with Crippen molar-refractivity contribution in [2.45, 2.75) is 50.4 Å². The quantitative estimate of drug-likeness (QED) is 0.509. The van der Waals surface area contributed by atoms with Crippen LogP contribution in [-0.4, -0.2) is 52.4 Å². The van der Waals surface area contributed by atoms with E-state index in [2.05, 4.69) is 48.4 Å². The van der Waals surface area contributed by atoms with Crippen LogP contribution >= 0.6 is 11.8 Å². The Bertz CT molecular complexity index is 1210. The molecule has 0 radical (unpaired) electrons. The Hall–Kier alpha value is -2.59. The molecule has 1 aliphatic heterocycles. The number of carbonyl (C=O) groups is 1. The Kier molecular flexibility index (Phi) is 6.67. The van der Waals surface area contributed by atoms with Gasteiger partial charge in [0, 0.05) is 11.6 Å². The minimum absolute atomic E-state index is 0.00674. The van der Waals surface area contributed by atoms with Gasteiger partial charge in [-0.1, -0.05) is 56.8 Å². The lowest BCUT2D eigenvalue weighted by Crippen LogP contribution is -2.36. The van der Waals surface area contributed by atoms with Crippen LogP contribution < -0.4 is 5.32 Å². The first kappa shape index (κ1) is 23.6. The number of hydrogen-bond acceptors (Lipinski definition) is 7. The SMILES string of the molecule is CC(C)(C)c1ccc(-c2nnc(SCC(=O)N[C@H]3CCS(=O)(=O)C3)n2Cc2ccco2)cc1. The summed E-state index contributed by atoms with van der Waals surface area (Å²) < 4.78 is 30.7. The van der Waals surface area contributed by atoms with Crippen molar-refractivity contribution in [3.05, 3.63) is 54.0 Å². The molecule has 8 nitrogen and oxygen atoms in total. The van der Waals surface area contributed by atoms with E-state index in [0.29, 0.717) is 23.9 Å². The van der Waals surface area contributed by atoms with Crippen LogP contribution in [0.5, 0.6) is 0 Å². The molecule has 3 heterocycles. The van der Waals surface area contributed by atoms with Crippen molar-refractivity contribution in [1.82, 2.24) is 20.1 Å². The fraction of sp³-hybridized carbons (Fsp3) is 0.435. The molecule has 0 bridgehead atoms. The Balaban J connectivity index is 1.52. The van der Waals surface area contributed by atoms with E-state index < -0.39 is 9.84 Å². The average Bonchev–Trinajstić information content (AvgIpc) is 3.47. The molecule has 2 aromatic heterocycles. The highest BCUT2D eigenvalue weighted by atomic mass is 32.2. The molecule has 0 spiro atoms. The van der Waals surface area contributed by atoms with E-state index in [1.807, 2.05) is 28.8 Å². The molecule has 1 saturated heterocycles. The smallest absolute Gasteiger partial charge is 0.230 e. The molecule has 4 rings (SSSR count). The van der Waals surface area contributed by atoms with E-state index >= 15 is 0 Å². The van der Waals surface area contributed by atoms with E-state index in [1.165, 1.54) is 17.3 Å². The van der Waals surface area contributed by atoms with Crippen molar-refractivity contribution in [2.24, 2.45) is 0 Å². The topological polar surface area (TPSA) is 107 Å². The molecule has 1 aromatic carbocycles. The third kappa shape index (κ3) is 5.86. The first-order valence-corrected chi connectivity index (χ1v) is 13.6. The monoisotopic (exact) mass is 488 g/mol. The first-order chi connectivity index (χ1) is 15.6. The Labute approximate surface area is 198 Å². The lowest BCUT2D eigenvalue weighted by atomic mass is 9.87. The second-order valence-corrected chi connectivity index (χ2v) is 12.4. The minimum atomic E-state index is -3.04. The molecule has 33 heavy (non-hydrogen) atoms. The number of benzene rings is 1. The molecule has 176 valence electrons. The summed E-state index contributed by atoms with van der Waals surface area (Å²) in [6, 6.07) is 11.6. The van der Waals surface area contributed by atoms with Crippen LogP contribution in [-0.2, 0) is 26.6 Å². The van der Waals surface area contributed by atoms with Gasteiger partial charge in [0.2, 0.25) is 5.91 Å². The predicted molar refractivity (Wildman–Crippen MR) is 128 cm³/mol. The van der Waals surface area contributed by atoms with Gasteiger partial charge in [0.15, 0.2) is 20.8 Å². The van der Waals surface area contributed by atoms with Crippen LogP contribution in [0.2, 0.25) is 0 Å². The number of nitrogens with one attached hydrogen (secondary N) is 1. The van der Waals surface area contributed by atoms with E-state index in [9.17, 15) is 13.2 Å². The Morgan fingerprint density at radius 1 is 1.21 bits per heavy atom. The molecule has 0 aliphatic carbocycles. The van der Waals surface area contributed by atoms with E-state index in [0.717, 1.165) is 11.3 Å². The summed E-state index contributed by atoms with van der Waals surface area (Å²) in [4.78, 5) is 12.4. The number of rotatable bonds is 7.